The molecule has 1 atom stereocenters. The number of nitrogens with zero attached hydrogens (tertiary/aromatic N) is 2. The van der Waals surface area contributed by atoms with Gasteiger partial charge in [-0.2, -0.15) is 0 Å². The maximum absolute atomic E-state index is 13.7. The van der Waals surface area contributed by atoms with E-state index in [2.05, 4.69) is 91.3 Å². The van der Waals surface area contributed by atoms with Crippen LogP contribution in [-0.4, -0.2) is 47.4 Å². The Morgan fingerprint density at radius 1 is 0.946 bits per heavy atom. The summed E-state index contributed by atoms with van der Waals surface area (Å²) in [6.45, 7) is 12.4. The first-order chi connectivity index (χ1) is 17.9. The minimum absolute atomic E-state index is 0.0716. The Labute approximate surface area is 222 Å². The van der Waals surface area contributed by atoms with E-state index in [1.807, 2.05) is 30.3 Å². The van der Waals surface area contributed by atoms with Crippen molar-refractivity contribution >= 4 is 5.91 Å². The normalized spacial score (nSPS) is 15.7. The first-order valence-electron chi connectivity index (χ1n) is 13.5. The van der Waals surface area contributed by atoms with Crippen molar-refractivity contribution in [1.82, 2.24) is 15.1 Å². The van der Waals surface area contributed by atoms with E-state index in [0.29, 0.717) is 25.2 Å². The molecule has 0 aromatic heterocycles. The second kappa shape index (κ2) is 12.9. The van der Waals surface area contributed by atoms with Crippen molar-refractivity contribution in [2.45, 2.75) is 65.4 Å². The second-order valence-corrected chi connectivity index (χ2v) is 10.5. The summed E-state index contributed by atoms with van der Waals surface area (Å²) in [7, 11) is 0. The Kier molecular flexibility index (Phi) is 9.37. The molecule has 1 aliphatic rings. The molecule has 0 saturated heterocycles. The van der Waals surface area contributed by atoms with E-state index in [4.69, 9.17) is 4.74 Å². The molecule has 0 aliphatic carbocycles. The highest BCUT2D eigenvalue weighted by atomic mass is 16.5. The van der Waals surface area contributed by atoms with E-state index in [1.165, 1.54) is 11.1 Å². The standard InChI is InChI=1S/C32H41N3O2/c1-24(2)35(25(3)4)20-18-33-32(36)31-30-16-15-29(37-23-27-13-9-6-10-14-27)21-28(30)17-19-34(31)22-26-11-7-5-8-12-26/h5-16,21,24-25,31H,17-20,22-23H2,1-4H3,(H,33,36). The molecular weight excluding hydrogens is 458 g/mol. The molecule has 196 valence electrons. The Hall–Kier alpha value is -3.15. The number of rotatable bonds is 11. The summed E-state index contributed by atoms with van der Waals surface area (Å²) in [5, 5.41) is 3.26. The van der Waals surface area contributed by atoms with Crippen molar-refractivity contribution in [3.05, 3.63) is 101 Å². The van der Waals surface area contributed by atoms with Gasteiger partial charge in [-0.15, -0.1) is 0 Å². The van der Waals surface area contributed by atoms with Crippen molar-refractivity contribution in [2.24, 2.45) is 0 Å². The van der Waals surface area contributed by atoms with Gasteiger partial charge >= 0.3 is 0 Å². The topological polar surface area (TPSA) is 44.8 Å². The van der Waals surface area contributed by atoms with Crippen molar-refractivity contribution in [1.29, 1.82) is 0 Å². The zero-order valence-corrected chi connectivity index (χ0v) is 22.7. The molecule has 5 nitrogen and oxygen atoms in total. The molecule has 1 heterocycles. The molecule has 1 N–H and O–H groups in total. The zero-order valence-electron chi connectivity index (χ0n) is 22.7. The lowest BCUT2D eigenvalue weighted by Gasteiger charge is -2.37. The Morgan fingerprint density at radius 2 is 1.59 bits per heavy atom. The van der Waals surface area contributed by atoms with Gasteiger partial charge < -0.3 is 10.1 Å². The van der Waals surface area contributed by atoms with Crippen LogP contribution >= 0.6 is 0 Å². The fraction of sp³-hybridized carbons (Fsp3) is 0.406. The van der Waals surface area contributed by atoms with Crippen LogP contribution in [0.2, 0.25) is 0 Å². The smallest absolute Gasteiger partial charge is 0.242 e. The molecule has 0 fully saturated rings. The highest BCUT2D eigenvalue weighted by Gasteiger charge is 2.33. The lowest BCUT2D eigenvalue weighted by molar-refractivity contribution is -0.127. The van der Waals surface area contributed by atoms with Crippen LogP contribution in [0.1, 0.15) is 56.0 Å². The summed E-state index contributed by atoms with van der Waals surface area (Å²) >= 11 is 0. The molecule has 0 bridgehead atoms. The summed E-state index contributed by atoms with van der Waals surface area (Å²) in [6.07, 6.45) is 0.892. The molecule has 1 unspecified atom stereocenters. The number of ether oxygens (including phenoxy) is 1. The minimum Gasteiger partial charge on any atom is -0.489 e. The average molecular weight is 500 g/mol. The van der Waals surface area contributed by atoms with Crippen molar-refractivity contribution in [3.8, 4) is 5.75 Å². The number of hydrogen-bond donors (Lipinski definition) is 1. The summed E-state index contributed by atoms with van der Waals surface area (Å²) in [5.41, 5.74) is 4.64. The van der Waals surface area contributed by atoms with E-state index in [0.717, 1.165) is 42.9 Å². The Balaban J connectivity index is 1.51. The van der Waals surface area contributed by atoms with Crippen molar-refractivity contribution in [2.75, 3.05) is 19.6 Å². The van der Waals surface area contributed by atoms with Gasteiger partial charge in [0.15, 0.2) is 0 Å². The third-order valence-corrected chi connectivity index (χ3v) is 7.16. The predicted octanol–water partition coefficient (Wildman–Crippen LogP) is 5.60. The quantitative estimate of drug-likeness (QED) is 0.373. The predicted molar refractivity (Wildman–Crippen MR) is 151 cm³/mol. The monoisotopic (exact) mass is 499 g/mol. The van der Waals surface area contributed by atoms with Gasteiger partial charge in [-0.3, -0.25) is 14.6 Å². The van der Waals surface area contributed by atoms with Crippen LogP contribution in [0, 0.1) is 0 Å². The Bertz CT molecular complexity index is 1120. The average Bonchev–Trinajstić information content (AvgIpc) is 2.90. The SMILES string of the molecule is CC(C)N(CCNC(=O)C1c2ccc(OCc3ccccc3)cc2CCN1Cc1ccccc1)C(C)C. The number of amides is 1. The molecule has 37 heavy (non-hydrogen) atoms. The molecule has 5 heteroatoms. The van der Waals surface area contributed by atoms with Crippen LogP contribution in [0.5, 0.6) is 5.75 Å². The van der Waals surface area contributed by atoms with Crippen LogP contribution in [-0.2, 0) is 24.4 Å². The van der Waals surface area contributed by atoms with Gasteiger partial charge in [0.2, 0.25) is 5.91 Å². The fourth-order valence-corrected chi connectivity index (χ4v) is 5.30. The van der Waals surface area contributed by atoms with E-state index in [1.54, 1.807) is 0 Å². The molecular formula is C32H41N3O2. The van der Waals surface area contributed by atoms with Crippen molar-refractivity contribution in [3.63, 3.8) is 0 Å². The van der Waals surface area contributed by atoms with Crippen LogP contribution < -0.4 is 10.1 Å². The molecule has 3 aromatic carbocycles. The van der Waals surface area contributed by atoms with Gasteiger partial charge in [-0.25, -0.2) is 0 Å². The summed E-state index contributed by atoms with van der Waals surface area (Å²) in [5.74, 6) is 0.921. The molecule has 3 aromatic rings. The number of nitrogens with one attached hydrogen (secondary N) is 1. The zero-order chi connectivity index (χ0) is 26.2. The van der Waals surface area contributed by atoms with Crippen molar-refractivity contribution < 1.29 is 9.53 Å². The van der Waals surface area contributed by atoms with Gasteiger partial charge in [0.25, 0.3) is 0 Å². The molecule has 1 aliphatic heterocycles. The summed E-state index contributed by atoms with van der Waals surface area (Å²) in [4.78, 5) is 18.4. The molecule has 1 amide bonds. The minimum atomic E-state index is -0.321. The van der Waals surface area contributed by atoms with Gasteiger partial charge in [0.05, 0.1) is 0 Å². The first kappa shape index (κ1) is 26.9. The first-order valence-corrected chi connectivity index (χ1v) is 13.5. The Morgan fingerprint density at radius 3 is 2.24 bits per heavy atom. The number of hydrogen-bond acceptors (Lipinski definition) is 4. The fourth-order valence-electron chi connectivity index (χ4n) is 5.30. The molecule has 0 radical (unpaired) electrons. The number of fused-ring (bicyclic) bond motifs is 1. The third kappa shape index (κ3) is 7.21. The van der Waals surface area contributed by atoms with E-state index in [9.17, 15) is 4.79 Å². The van der Waals surface area contributed by atoms with E-state index < -0.39 is 0 Å². The van der Waals surface area contributed by atoms with Gasteiger partial charge in [0, 0.05) is 38.3 Å². The summed E-state index contributed by atoms with van der Waals surface area (Å²) < 4.78 is 6.09. The number of carbonyl (C=O) groups excluding carboxylic acids is 1. The van der Waals surface area contributed by atoms with Crippen LogP contribution in [0.15, 0.2) is 78.9 Å². The molecule has 4 rings (SSSR count). The van der Waals surface area contributed by atoms with E-state index >= 15 is 0 Å². The van der Waals surface area contributed by atoms with Gasteiger partial charge in [-0.1, -0.05) is 66.7 Å². The van der Waals surface area contributed by atoms with Gasteiger partial charge in [0.1, 0.15) is 18.4 Å². The highest BCUT2D eigenvalue weighted by Crippen LogP contribution is 2.33. The second-order valence-electron chi connectivity index (χ2n) is 10.5. The van der Waals surface area contributed by atoms with Crippen LogP contribution in [0.4, 0.5) is 0 Å². The lowest BCUT2D eigenvalue weighted by Crippen LogP contribution is -2.47. The number of benzene rings is 3. The largest absolute Gasteiger partial charge is 0.489 e. The maximum atomic E-state index is 13.7. The molecule has 0 saturated carbocycles. The lowest BCUT2D eigenvalue weighted by atomic mass is 9.91. The van der Waals surface area contributed by atoms with Crippen LogP contribution in [0.25, 0.3) is 0 Å². The third-order valence-electron chi connectivity index (χ3n) is 7.16. The van der Waals surface area contributed by atoms with E-state index in [-0.39, 0.29) is 11.9 Å². The summed E-state index contributed by atoms with van der Waals surface area (Å²) in [6, 6.07) is 27.4. The molecule has 0 spiro atoms. The van der Waals surface area contributed by atoms with Gasteiger partial charge in [-0.05, 0) is 68.5 Å². The maximum Gasteiger partial charge on any atom is 0.242 e. The highest BCUT2D eigenvalue weighted by molar-refractivity contribution is 5.84. The van der Waals surface area contributed by atoms with Crippen LogP contribution in [0.3, 0.4) is 0 Å². The number of carbonyl (C=O) groups is 1.